The van der Waals surface area contributed by atoms with Crippen molar-refractivity contribution in [3.05, 3.63) is 29.8 Å². The Kier molecular flexibility index (Phi) is 3.46. The number of aliphatic hydroxyl groups is 1. The zero-order chi connectivity index (χ0) is 11.5. The fraction of sp³-hybridized carbons (Fsp3) is 0.538. The number of para-hydroxylation sites is 1. The second kappa shape index (κ2) is 4.85. The molecule has 0 aliphatic carbocycles. The highest BCUT2D eigenvalue weighted by Gasteiger charge is 2.28. The number of aliphatic hydroxyl groups excluding tert-OH is 1. The van der Waals surface area contributed by atoms with Crippen molar-refractivity contribution in [1.82, 2.24) is 0 Å². The van der Waals surface area contributed by atoms with Crippen molar-refractivity contribution in [3.8, 4) is 0 Å². The largest absolute Gasteiger partial charge is 0.392 e. The summed E-state index contributed by atoms with van der Waals surface area (Å²) in [5, 5.41) is 9.32. The number of nitrogens with zero attached hydrogens (tertiary/aromatic N) is 1. The third-order valence-electron chi connectivity index (χ3n) is 3.38. The first-order valence-electron chi connectivity index (χ1n) is 5.77. The molecule has 3 heteroatoms. The quantitative estimate of drug-likeness (QED) is 0.844. The summed E-state index contributed by atoms with van der Waals surface area (Å²) >= 11 is 0. The zero-order valence-corrected chi connectivity index (χ0v) is 9.89. The van der Waals surface area contributed by atoms with Crippen molar-refractivity contribution in [1.29, 1.82) is 0 Å². The second-order valence-corrected chi connectivity index (χ2v) is 4.33. The topological polar surface area (TPSA) is 32.7 Å². The van der Waals surface area contributed by atoms with Crippen LogP contribution in [-0.2, 0) is 11.3 Å². The Morgan fingerprint density at radius 1 is 1.44 bits per heavy atom. The Bertz CT molecular complexity index is 354. The highest BCUT2D eigenvalue weighted by Crippen LogP contribution is 2.26. The number of rotatable bonds is 3. The number of hydrogen-bond donors (Lipinski definition) is 1. The lowest BCUT2D eigenvalue weighted by Gasteiger charge is -2.30. The Hall–Kier alpha value is -1.06. The summed E-state index contributed by atoms with van der Waals surface area (Å²) < 4.78 is 5.58. The van der Waals surface area contributed by atoms with E-state index in [1.165, 1.54) is 0 Å². The minimum atomic E-state index is 0.0858. The van der Waals surface area contributed by atoms with Gasteiger partial charge in [-0.05, 0) is 19.4 Å². The highest BCUT2D eigenvalue weighted by atomic mass is 16.5. The van der Waals surface area contributed by atoms with Gasteiger partial charge in [-0.1, -0.05) is 18.2 Å². The molecule has 88 valence electrons. The van der Waals surface area contributed by atoms with Gasteiger partial charge in [0.2, 0.25) is 0 Å². The average Bonchev–Trinajstić information content (AvgIpc) is 2.74. The maximum absolute atomic E-state index is 9.32. The van der Waals surface area contributed by atoms with Crippen LogP contribution in [0.3, 0.4) is 0 Å². The molecule has 1 heterocycles. The van der Waals surface area contributed by atoms with Crippen LogP contribution in [0.15, 0.2) is 24.3 Å². The molecule has 1 aliphatic rings. The highest BCUT2D eigenvalue weighted by molar-refractivity contribution is 5.53. The third kappa shape index (κ3) is 2.06. The van der Waals surface area contributed by atoms with E-state index >= 15 is 0 Å². The van der Waals surface area contributed by atoms with Gasteiger partial charge in [-0.15, -0.1) is 0 Å². The van der Waals surface area contributed by atoms with E-state index in [0.717, 1.165) is 24.3 Å². The van der Waals surface area contributed by atoms with E-state index in [9.17, 15) is 5.11 Å². The summed E-state index contributed by atoms with van der Waals surface area (Å²) in [6, 6.07) is 8.39. The lowest BCUT2D eigenvalue weighted by Crippen LogP contribution is -2.37. The summed E-state index contributed by atoms with van der Waals surface area (Å²) in [7, 11) is 2.07. The van der Waals surface area contributed by atoms with E-state index in [2.05, 4.69) is 24.9 Å². The van der Waals surface area contributed by atoms with Gasteiger partial charge in [0.1, 0.15) is 0 Å². The molecular weight excluding hydrogens is 202 g/mol. The summed E-state index contributed by atoms with van der Waals surface area (Å²) in [6.07, 6.45) is 1.31. The maximum atomic E-state index is 9.32. The van der Waals surface area contributed by atoms with Crippen LogP contribution in [0.4, 0.5) is 5.69 Å². The smallest absolute Gasteiger partial charge is 0.0750 e. The molecule has 1 N–H and O–H groups in total. The minimum absolute atomic E-state index is 0.0858. The van der Waals surface area contributed by atoms with Gasteiger partial charge in [0, 0.05) is 24.9 Å². The molecule has 1 fully saturated rings. The van der Waals surface area contributed by atoms with E-state index in [-0.39, 0.29) is 12.7 Å². The lowest BCUT2D eigenvalue weighted by atomic mass is 10.1. The van der Waals surface area contributed by atoms with Gasteiger partial charge < -0.3 is 14.7 Å². The Morgan fingerprint density at radius 2 is 2.19 bits per heavy atom. The van der Waals surface area contributed by atoms with Crippen LogP contribution in [0.1, 0.15) is 18.9 Å². The average molecular weight is 221 g/mol. The van der Waals surface area contributed by atoms with Crippen LogP contribution in [0.5, 0.6) is 0 Å². The van der Waals surface area contributed by atoms with Gasteiger partial charge in [-0.2, -0.15) is 0 Å². The molecule has 1 aromatic carbocycles. The van der Waals surface area contributed by atoms with Crippen LogP contribution in [0.2, 0.25) is 0 Å². The number of ether oxygens (including phenoxy) is 1. The Morgan fingerprint density at radius 3 is 2.81 bits per heavy atom. The van der Waals surface area contributed by atoms with E-state index in [4.69, 9.17) is 4.74 Å². The molecule has 0 radical (unpaired) electrons. The normalized spacial score (nSPS) is 24.7. The van der Waals surface area contributed by atoms with E-state index in [1.807, 2.05) is 18.2 Å². The van der Waals surface area contributed by atoms with Crippen molar-refractivity contribution < 1.29 is 9.84 Å². The van der Waals surface area contributed by atoms with Crippen LogP contribution in [0.25, 0.3) is 0 Å². The maximum Gasteiger partial charge on any atom is 0.0750 e. The first-order valence-corrected chi connectivity index (χ1v) is 5.77. The van der Waals surface area contributed by atoms with Gasteiger partial charge in [0.15, 0.2) is 0 Å². The molecule has 0 saturated carbocycles. The minimum Gasteiger partial charge on any atom is -0.392 e. The molecule has 0 amide bonds. The first-order chi connectivity index (χ1) is 7.74. The van der Waals surface area contributed by atoms with Gasteiger partial charge in [-0.25, -0.2) is 0 Å². The van der Waals surface area contributed by atoms with Crippen LogP contribution >= 0.6 is 0 Å². The summed E-state index contributed by atoms with van der Waals surface area (Å²) in [5.74, 6) is 0. The molecule has 16 heavy (non-hydrogen) atoms. The van der Waals surface area contributed by atoms with Crippen molar-refractivity contribution >= 4 is 5.69 Å². The molecule has 1 aromatic rings. The fourth-order valence-corrected chi connectivity index (χ4v) is 2.40. The van der Waals surface area contributed by atoms with Gasteiger partial charge in [0.05, 0.1) is 18.8 Å². The standard InChI is InChI=1S/C13H19NO2/c1-10-12(7-8-16-10)14(2)13-6-4-3-5-11(13)9-15/h3-6,10,12,15H,7-9H2,1-2H3. The molecule has 0 bridgehead atoms. The summed E-state index contributed by atoms with van der Waals surface area (Å²) in [5.41, 5.74) is 2.08. The van der Waals surface area contributed by atoms with Crippen molar-refractivity contribution in [3.63, 3.8) is 0 Å². The first kappa shape index (κ1) is 11.4. The van der Waals surface area contributed by atoms with E-state index in [0.29, 0.717) is 6.04 Å². The van der Waals surface area contributed by atoms with Crippen LogP contribution in [0, 0.1) is 0 Å². The van der Waals surface area contributed by atoms with Crippen LogP contribution < -0.4 is 4.90 Å². The monoisotopic (exact) mass is 221 g/mol. The molecule has 1 saturated heterocycles. The van der Waals surface area contributed by atoms with E-state index < -0.39 is 0 Å². The van der Waals surface area contributed by atoms with Gasteiger partial charge >= 0.3 is 0 Å². The van der Waals surface area contributed by atoms with Crippen LogP contribution in [-0.4, -0.2) is 30.9 Å². The van der Waals surface area contributed by atoms with Gasteiger partial charge in [-0.3, -0.25) is 0 Å². The number of benzene rings is 1. The number of anilines is 1. The predicted octanol–water partition coefficient (Wildman–Crippen LogP) is 1.79. The van der Waals surface area contributed by atoms with Crippen molar-refractivity contribution in [2.75, 3.05) is 18.6 Å². The van der Waals surface area contributed by atoms with Gasteiger partial charge in [0.25, 0.3) is 0 Å². The molecular formula is C13H19NO2. The Balaban J connectivity index is 2.22. The second-order valence-electron chi connectivity index (χ2n) is 4.33. The molecule has 2 rings (SSSR count). The van der Waals surface area contributed by atoms with Crippen molar-refractivity contribution in [2.45, 2.75) is 32.1 Å². The molecule has 3 nitrogen and oxygen atoms in total. The fourth-order valence-electron chi connectivity index (χ4n) is 2.40. The number of hydrogen-bond acceptors (Lipinski definition) is 3. The SMILES string of the molecule is CC1OCCC1N(C)c1ccccc1CO. The van der Waals surface area contributed by atoms with E-state index in [1.54, 1.807) is 0 Å². The molecule has 1 aliphatic heterocycles. The van der Waals surface area contributed by atoms with Crippen molar-refractivity contribution in [2.24, 2.45) is 0 Å². The Labute approximate surface area is 96.6 Å². The zero-order valence-electron chi connectivity index (χ0n) is 9.89. The number of likely N-dealkylation sites (N-methyl/N-ethyl adjacent to an activating group) is 1. The molecule has 0 spiro atoms. The molecule has 0 aromatic heterocycles. The summed E-state index contributed by atoms with van der Waals surface area (Å²) in [4.78, 5) is 2.23. The molecule has 2 atom stereocenters. The summed E-state index contributed by atoms with van der Waals surface area (Å²) in [6.45, 7) is 3.02. The lowest BCUT2D eigenvalue weighted by molar-refractivity contribution is 0.118. The third-order valence-corrected chi connectivity index (χ3v) is 3.38. The predicted molar refractivity (Wildman–Crippen MR) is 64.6 cm³/mol. The molecule has 2 unspecified atom stereocenters.